The van der Waals surface area contributed by atoms with Gasteiger partial charge in [-0.05, 0) is 54.1 Å². The van der Waals surface area contributed by atoms with Crippen molar-refractivity contribution in [1.82, 2.24) is 9.55 Å². The lowest BCUT2D eigenvalue weighted by atomic mass is 10.1. The molecule has 5 nitrogen and oxygen atoms in total. The van der Waals surface area contributed by atoms with Crippen LogP contribution in [0.3, 0.4) is 0 Å². The van der Waals surface area contributed by atoms with Crippen molar-refractivity contribution in [2.45, 2.75) is 19.4 Å². The number of anilines is 1. The second kappa shape index (κ2) is 9.41. The third-order valence-electron chi connectivity index (χ3n) is 5.07. The lowest BCUT2D eigenvalue weighted by Gasteiger charge is -2.12. The van der Waals surface area contributed by atoms with Crippen LogP contribution in [-0.4, -0.2) is 22.6 Å². The summed E-state index contributed by atoms with van der Waals surface area (Å²) >= 11 is 12.8. The Morgan fingerprint density at radius 1 is 1.00 bits per heavy atom. The van der Waals surface area contributed by atoms with Crippen molar-refractivity contribution in [3.05, 3.63) is 88.2 Å². The molecule has 0 atom stereocenters. The van der Waals surface area contributed by atoms with Crippen molar-refractivity contribution < 1.29 is 9.53 Å². The van der Waals surface area contributed by atoms with E-state index in [0.717, 1.165) is 33.9 Å². The summed E-state index contributed by atoms with van der Waals surface area (Å²) in [5, 5.41) is 4.12. The van der Waals surface area contributed by atoms with Gasteiger partial charge in [0, 0.05) is 35.1 Å². The van der Waals surface area contributed by atoms with Crippen LogP contribution in [0.15, 0.2) is 66.7 Å². The summed E-state index contributed by atoms with van der Waals surface area (Å²) in [6, 6.07) is 20.6. The highest BCUT2D eigenvalue weighted by molar-refractivity contribution is 6.36. The fourth-order valence-electron chi connectivity index (χ4n) is 3.48. The van der Waals surface area contributed by atoms with E-state index in [1.165, 1.54) is 0 Å². The van der Waals surface area contributed by atoms with E-state index in [1.807, 2.05) is 66.7 Å². The minimum absolute atomic E-state index is 0.0790. The van der Waals surface area contributed by atoms with Gasteiger partial charge in [-0.15, -0.1) is 0 Å². The number of benzene rings is 3. The summed E-state index contributed by atoms with van der Waals surface area (Å²) in [4.78, 5) is 17.3. The number of nitrogens with zero attached hydrogens (tertiary/aromatic N) is 2. The summed E-state index contributed by atoms with van der Waals surface area (Å²) in [6.45, 7) is 0.486. The Labute approximate surface area is 190 Å². The molecule has 0 aliphatic heterocycles. The molecule has 0 fully saturated rings. The number of aryl methyl sites for hydroxylation is 1. The number of halogens is 2. The van der Waals surface area contributed by atoms with Crippen molar-refractivity contribution in [1.29, 1.82) is 0 Å². The molecule has 4 rings (SSSR count). The molecule has 0 unspecified atom stereocenters. The van der Waals surface area contributed by atoms with Crippen LogP contribution in [-0.2, 0) is 17.8 Å². The number of fused-ring (bicyclic) bond motifs is 1. The van der Waals surface area contributed by atoms with Crippen LogP contribution in [0.4, 0.5) is 5.69 Å². The molecule has 1 heterocycles. The van der Waals surface area contributed by atoms with E-state index in [-0.39, 0.29) is 5.91 Å². The molecular weight excluding hydrogens is 433 g/mol. The largest absolute Gasteiger partial charge is 0.497 e. The van der Waals surface area contributed by atoms with Gasteiger partial charge in [-0.2, -0.15) is 0 Å². The third kappa shape index (κ3) is 4.84. The number of hydrogen-bond acceptors (Lipinski definition) is 3. The Morgan fingerprint density at radius 2 is 1.71 bits per heavy atom. The summed E-state index contributed by atoms with van der Waals surface area (Å²) in [5.41, 5.74) is 3.39. The Morgan fingerprint density at radius 3 is 2.42 bits per heavy atom. The number of amides is 1. The SMILES string of the molecule is COc1ccc(NC(=O)CCn2c(Cc3c(Cl)cccc3Cl)nc3ccccc32)cc1. The second-order valence-corrected chi connectivity index (χ2v) is 7.89. The van der Waals surface area contributed by atoms with Crippen LogP contribution < -0.4 is 10.1 Å². The lowest BCUT2D eigenvalue weighted by molar-refractivity contribution is -0.116. The fraction of sp³-hybridized carbons (Fsp3) is 0.167. The van der Waals surface area contributed by atoms with Gasteiger partial charge in [0.1, 0.15) is 11.6 Å². The summed E-state index contributed by atoms with van der Waals surface area (Å²) in [6.07, 6.45) is 0.781. The quantitative estimate of drug-likeness (QED) is 0.374. The number of imidazole rings is 1. The number of nitrogens with one attached hydrogen (secondary N) is 1. The predicted molar refractivity (Wildman–Crippen MR) is 125 cm³/mol. The third-order valence-corrected chi connectivity index (χ3v) is 5.77. The van der Waals surface area contributed by atoms with Crippen molar-refractivity contribution in [3.63, 3.8) is 0 Å². The first-order valence-electron chi connectivity index (χ1n) is 9.86. The molecule has 0 aliphatic rings. The Kier molecular flexibility index (Phi) is 6.44. The molecule has 0 saturated heterocycles. The summed E-state index contributed by atoms with van der Waals surface area (Å²) < 4.78 is 7.21. The molecule has 0 aliphatic carbocycles. The molecule has 1 N–H and O–H groups in total. The molecule has 158 valence electrons. The number of aromatic nitrogens is 2. The molecule has 1 amide bonds. The molecule has 0 bridgehead atoms. The van der Waals surface area contributed by atoms with E-state index < -0.39 is 0 Å². The van der Waals surface area contributed by atoms with E-state index in [1.54, 1.807) is 7.11 Å². The van der Waals surface area contributed by atoms with Gasteiger partial charge in [-0.1, -0.05) is 41.4 Å². The second-order valence-electron chi connectivity index (χ2n) is 7.07. The minimum Gasteiger partial charge on any atom is -0.497 e. The molecule has 3 aromatic carbocycles. The van der Waals surface area contributed by atoms with Gasteiger partial charge in [0.2, 0.25) is 5.91 Å². The number of hydrogen-bond donors (Lipinski definition) is 1. The number of para-hydroxylation sites is 2. The van der Waals surface area contributed by atoms with Crippen LogP contribution in [0.2, 0.25) is 10.0 Å². The Balaban J connectivity index is 1.55. The van der Waals surface area contributed by atoms with Gasteiger partial charge in [0.25, 0.3) is 0 Å². The zero-order chi connectivity index (χ0) is 21.8. The molecule has 31 heavy (non-hydrogen) atoms. The first kappa shape index (κ1) is 21.2. The van der Waals surface area contributed by atoms with E-state index >= 15 is 0 Å². The van der Waals surface area contributed by atoms with Gasteiger partial charge < -0.3 is 14.6 Å². The molecule has 0 spiro atoms. The molecule has 7 heteroatoms. The summed E-state index contributed by atoms with van der Waals surface area (Å²) in [7, 11) is 1.61. The number of carbonyl (C=O) groups is 1. The zero-order valence-electron chi connectivity index (χ0n) is 16.9. The molecule has 0 saturated carbocycles. The van der Waals surface area contributed by atoms with Gasteiger partial charge in [-0.3, -0.25) is 4.79 Å². The average molecular weight is 454 g/mol. The number of rotatable bonds is 7. The molecule has 0 radical (unpaired) electrons. The van der Waals surface area contributed by atoms with Crippen LogP contribution >= 0.6 is 23.2 Å². The number of carbonyl (C=O) groups excluding carboxylic acids is 1. The van der Waals surface area contributed by atoms with E-state index in [2.05, 4.69) is 9.88 Å². The summed E-state index contributed by atoms with van der Waals surface area (Å²) in [5.74, 6) is 1.48. The van der Waals surface area contributed by atoms with Gasteiger partial charge >= 0.3 is 0 Å². The first-order valence-corrected chi connectivity index (χ1v) is 10.6. The average Bonchev–Trinajstić information content (AvgIpc) is 3.12. The van der Waals surface area contributed by atoms with Gasteiger partial charge in [0.15, 0.2) is 0 Å². The Bertz CT molecular complexity index is 1200. The standard InChI is InChI=1S/C24H21Cl2N3O2/c1-31-17-11-9-16(10-12-17)27-24(30)13-14-29-22-8-3-2-7-21(22)28-23(29)15-18-19(25)5-4-6-20(18)26/h2-12H,13-15H2,1H3,(H,27,30). The molecule has 1 aromatic heterocycles. The number of methoxy groups -OCH3 is 1. The van der Waals surface area contributed by atoms with Crippen LogP contribution in [0.1, 0.15) is 17.8 Å². The normalized spacial score (nSPS) is 10.9. The zero-order valence-corrected chi connectivity index (χ0v) is 18.5. The van der Waals surface area contributed by atoms with Crippen molar-refractivity contribution in [2.24, 2.45) is 0 Å². The molecule has 4 aromatic rings. The lowest BCUT2D eigenvalue weighted by Crippen LogP contribution is -2.15. The first-order chi connectivity index (χ1) is 15.0. The van der Waals surface area contributed by atoms with E-state index in [9.17, 15) is 4.79 Å². The van der Waals surface area contributed by atoms with Crippen LogP contribution in [0.25, 0.3) is 11.0 Å². The monoisotopic (exact) mass is 453 g/mol. The van der Waals surface area contributed by atoms with Gasteiger partial charge in [0.05, 0.1) is 18.1 Å². The van der Waals surface area contributed by atoms with Crippen molar-refractivity contribution in [2.75, 3.05) is 12.4 Å². The van der Waals surface area contributed by atoms with Crippen LogP contribution in [0, 0.1) is 0 Å². The number of ether oxygens (including phenoxy) is 1. The van der Waals surface area contributed by atoms with Crippen molar-refractivity contribution in [3.8, 4) is 5.75 Å². The minimum atomic E-state index is -0.0790. The predicted octanol–water partition coefficient (Wildman–Crippen LogP) is 5.97. The maximum absolute atomic E-state index is 12.6. The Hall–Kier alpha value is -3.02. The van der Waals surface area contributed by atoms with E-state index in [4.69, 9.17) is 32.9 Å². The maximum Gasteiger partial charge on any atom is 0.226 e. The molecular formula is C24H21Cl2N3O2. The fourth-order valence-corrected chi connectivity index (χ4v) is 4.01. The smallest absolute Gasteiger partial charge is 0.226 e. The highest BCUT2D eigenvalue weighted by atomic mass is 35.5. The highest BCUT2D eigenvalue weighted by Gasteiger charge is 2.15. The van der Waals surface area contributed by atoms with Crippen LogP contribution in [0.5, 0.6) is 5.75 Å². The topological polar surface area (TPSA) is 56.1 Å². The van der Waals surface area contributed by atoms with E-state index in [0.29, 0.717) is 29.4 Å². The highest BCUT2D eigenvalue weighted by Crippen LogP contribution is 2.28. The van der Waals surface area contributed by atoms with Gasteiger partial charge in [-0.25, -0.2) is 4.98 Å². The maximum atomic E-state index is 12.6. The van der Waals surface area contributed by atoms with Crippen molar-refractivity contribution >= 4 is 45.8 Å².